The molecule has 0 atom stereocenters. The number of fused-ring (bicyclic) bond motifs is 3. The number of aryl methyl sites for hydroxylation is 1. The highest BCUT2D eigenvalue weighted by molar-refractivity contribution is 6.06. The third kappa shape index (κ3) is 4.34. The highest BCUT2D eigenvalue weighted by Gasteiger charge is 2.07. The normalized spacial score (nSPS) is 13.1. The third-order valence-electron chi connectivity index (χ3n) is 5.38. The fraction of sp³-hybridized carbons (Fsp3) is 0.0690. The molecule has 0 saturated heterocycles. The highest BCUT2D eigenvalue weighted by atomic mass is 15.0. The highest BCUT2D eigenvalue weighted by Crippen LogP contribution is 2.25. The molecular formula is C29H26N2. The average molecular weight is 403 g/mol. The van der Waals surface area contributed by atoms with Crippen LogP contribution in [0.2, 0.25) is 0 Å². The van der Waals surface area contributed by atoms with Crippen molar-refractivity contribution >= 4 is 33.4 Å². The minimum Gasteiger partial charge on any atom is -0.328 e. The largest absolute Gasteiger partial charge is 0.328 e. The molecule has 4 aromatic rings. The van der Waals surface area contributed by atoms with Gasteiger partial charge in [0.2, 0.25) is 0 Å². The molecule has 1 aromatic heterocycles. The number of para-hydroxylation sites is 1. The van der Waals surface area contributed by atoms with Crippen molar-refractivity contribution in [3.8, 4) is 0 Å². The predicted molar refractivity (Wildman–Crippen MR) is 134 cm³/mol. The molecule has 0 N–H and O–H groups in total. The Morgan fingerprint density at radius 2 is 1.61 bits per heavy atom. The lowest BCUT2D eigenvalue weighted by atomic mass is 10.0. The minimum atomic E-state index is 0.952. The number of hydrogen-bond donors (Lipinski definition) is 0. The van der Waals surface area contributed by atoms with Gasteiger partial charge in [0, 0.05) is 23.3 Å². The molecule has 0 aliphatic rings. The molecule has 0 radical (unpaired) electrons. The van der Waals surface area contributed by atoms with Crippen LogP contribution in [0.5, 0.6) is 0 Å². The Bertz CT molecular complexity index is 1400. The third-order valence-corrected chi connectivity index (χ3v) is 5.38. The van der Waals surface area contributed by atoms with Crippen LogP contribution in [-0.2, 0) is 7.05 Å². The van der Waals surface area contributed by atoms with E-state index in [0.29, 0.717) is 0 Å². The van der Waals surface area contributed by atoms with Crippen molar-refractivity contribution in [3.63, 3.8) is 0 Å². The van der Waals surface area contributed by atoms with Crippen LogP contribution in [0.4, 0.5) is 5.69 Å². The SMILES string of the molecule is C=C\C=C/C(/C=C/c1ccc2c(c1)c1ccccc1/c(=N/c1ccccc1)n2C)=C\C. The van der Waals surface area contributed by atoms with Crippen molar-refractivity contribution in [1.82, 2.24) is 4.57 Å². The number of benzene rings is 3. The smallest absolute Gasteiger partial charge is 0.141 e. The van der Waals surface area contributed by atoms with E-state index in [2.05, 4.69) is 85.0 Å². The number of nitrogens with zero attached hydrogens (tertiary/aromatic N) is 2. The van der Waals surface area contributed by atoms with Gasteiger partial charge in [-0.3, -0.25) is 0 Å². The van der Waals surface area contributed by atoms with Gasteiger partial charge in [0.25, 0.3) is 0 Å². The second kappa shape index (κ2) is 9.27. The molecule has 0 saturated carbocycles. The zero-order valence-corrected chi connectivity index (χ0v) is 18.0. The molecule has 0 amide bonds. The molecule has 2 nitrogen and oxygen atoms in total. The molecule has 0 aliphatic heterocycles. The molecule has 2 heteroatoms. The van der Waals surface area contributed by atoms with Crippen molar-refractivity contribution < 1.29 is 0 Å². The number of hydrogen-bond acceptors (Lipinski definition) is 1. The van der Waals surface area contributed by atoms with Gasteiger partial charge in [0.1, 0.15) is 5.49 Å². The average Bonchev–Trinajstić information content (AvgIpc) is 2.82. The van der Waals surface area contributed by atoms with Crippen molar-refractivity contribution in [1.29, 1.82) is 0 Å². The van der Waals surface area contributed by atoms with Gasteiger partial charge in [0.15, 0.2) is 0 Å². The molecule has 31 heavy (non-hydrogen) atoms. The molecule has 152 valence electrons. The van der Waals surface area contributed by atoms with Crippen LogP contribution < -0.4 is 5.49 Å². The number of rotatable bonds is 5. The van der Waals surface area contributed by atoms with Crippen LogP contribution in [0.15, 0.2) is 120 Å². The first-order valence-corrected chi connectivity index (χ1v) is 10.5. The zero-order chi connectivity index (χ0) is 21.6. The Labute approximate surface area is 183 Å². The first-order chi connectivity index (χ1) is 15.2. The standard InChI is InChI=1S/C29H26N2/c1-4-6-12-22(5-2)17-18-23-19-20-28-27(21-23)25-15-10-11-16-26(25)29(31(28)3)30-24-13-8-7-9-14-24/h4-21H,1H2,2-3H3/b12-6-,18-17+,22-5+,30-29-. The Morgan fingerprint density at radius 1 is 0.871 bits per heavy atom. The molecule has 0 fully saturated rings. The Morgan fingerprint density at radius 3 is 2.35 bits per heavy atom. The van der Waals surface area contributed by atoms with Gasteiger partial charge >= 0.3 is 0 Å². The van der Waals surface area contributed by atoms with Crippen LogP contribution >= 0.6 is 0 Å². The molecule has 3 aromatic carbocycles. The maximum Gasteiger partial charge on any atom is 0.141 e. The van der Waals surface area contributed by atoms with E-state index in [1.807, 2.05) is 43.3 Å². The van der Waals surface area contributed by atoms with Gasteiger partial charge in [-0.1, -0.05) is 91.6 Å². The molecule has 0 unspecified atom stereocenters. The maximum absolute atomic E-state index is 4.97. The van der Waals surface area contributed by atoms with E-state index in [1.165, 1.54) is 10.8 Å². The second-order valence-corrected chi connectivity index (χ2v) is 7.37. The van der Waals surface area contributed by atoms with E-state index >= 15 is 0 Å². The summed E-state index contributed by atoms with van der Waals surface area (Å²) < 4.78 is 2.18. The van der Waals surface area contributed by atoms with E-state index < -0.39 is 0 Å². The lowest BCUT2D eigenvalue weighted by molar-refractivity contribution is 0.890. The quantitative estimate of drug-likeness (QED) is 0.247. The minimum absolute atomic E-state index is 0.952. The van der Waals surface area contributed by atoms with Crippen LogP contribution in [0.1, 0.15) is 12.5 Å². The zero-order valence-electron chi connectivity index (χ0n) is 18.0. The summed E-state index contributed by atoms with van der Waals surface area (Å²) in [6.45, 7) is 5.78. The van der Waals surface area contributed by atoms with Gasteiger partial charge in [-0.15, -0.1) is 0 Å². The van der Waals surface area contributed by atoms with Gasteiger partial charge in [0.05, 0.1) is 5.69 Å². The van der Waals surface area contributed by atoms with E-state index in [1.54, 1.807) is 6.08 Å². The van der Waals surface area contributed by atoms with Crippen LogP contribution in [0, 0.1) is 0 Å². The fourth-order valence-electron chi connectivity index (χ4n) is 3.75. The fourth-order valence-corrected chi connectivity index (χ4v) is 3.75. The van der Waals surface area contributed by atoms with E-state index in [4.69, 9.17) is 4.99 Å². The van der Waals surface area contributed by atoms with Gasteiger partial charge in [-0.05, 0) is 47.7 Å². The first kappa shape index (κ1) is 20.4. The van der Waals surface area contributed by atoms with Gasteiger partial charge in [-0.2, -0.15) is 0 Å². The summed E-state index contributed by atoms with van der Waals surface area (Å²) in [6, 6.07) is 25.2. The first-order valence-electron chi connectivity index (χ1n) is 10.5. The molecular weight excluding hydrogens is 376 g/mol. The van der Waals surface area contributed by atoms with E-state index in [-0.39, 0.29) is 0 Å². The van der Waals surface area contributed by atoms with Gasteiger partial charge < -0.3 is 4.57 Å². The maximum atomic E-state index is 4.97. The van der Waals surface area contributed by atoms with Crippen LogP contribution in [-0.4, -0.2) is 4.57 Å². The Balaban J connectivity index is 1.91. The second-order valence-electron chi connectivity index (χ2n) is 7.37. The number of pyridine rings is 1. The number of allylic oxidation sites excluding steroid dienone is 6. The lowest BCUT2D eigenvalue weighted by Crippen LogP contribution is -2.19. The summed E-state index contributed by atoms with van der Waals surface area (Å²) in [7, 11) is 2.09. The topological polar surface area (TPSA) is 17.3 Å². The summed E-state index contributed by atoms with van der Waals surface area (Å²) in [5.41, 5.74) is 5.38. The van der Waals surface area contributed by atoms with E-state index in [9.17, 15) is 0 Å². The summed E-state index contributed by atoms with van der Waals surface area (Å²) in [6.07, 6.45) is 12.2. The molecule has 0 aliphatic carbocycles. The van der Waals surface area contributed by atoms with Crippen molar-refractivity contribution in [2.45, 2.75) is 6.92 Å². The summed E-state index contributed by atoms with van der Waals surface area (Å²) in [4.78, 5) is 4.97. The monoisotopic (exact) mass is 402 g/mol. The summed E-state index contributed by atoms with van der Waals surface area (Å²) in [5, 5.41) is 3.57. The Kier molecular flexibility index (Phi) is 6.09. The van der Waals surface area contributed by atoms with Crippen LogP contribution in [0.3, 0.4) is 0 Å². The molecule has 0 bridgehead atoms. The number of aromatic nitrogens is 1. The van der Waals surface area contributed by atoms with Crippen molar-refractivity contribution in [2.75, 3.05) is 0 Å². The van der Waals surface area contributed by atoms with Crippen molar-refractivity contribution in [3.05, 3.63) is 126 Å². The predicted octanol–water partition coefficient (Wildman–Crippen LogP) is 7.27. The Hall–Kier alpha value is -3.91. The molecule has 0 spiro atoms. The summed E-state index contributed by atoms with van der Waals surface area (Å²) >= 11 is 0. The molecule has 4 rings (SSSR count). The van der Waals surface area contributed by atoms with Crippen LogP contribution in [0.25, 0.3) is 27.8 Å². The van der Waals surface area contributed by atoms with Gasteiger partial charge in [-0.25, -0.2) is 4.99 Å². The molecule has 1 heterocycles. The van der Waals surface area contributed by atoms with Crippen molar-refractivity contribution in [2.24, 2.45) is 12.0 Å². The lowest BCUT2D eigenvalue weighted by Gasteiger charge is -2.12. The summed E-state index contributed by atoms with van der Waals surface area (Å²) in [5.74, 6) is 0. The van der Waals surface area contributed by atoms with E-state index in [0.717, 1.165) is 33.2 Å².